The quantitative estimate of drug-likeness (QED) is 0.806. The first kappa shape index (κ1) is 12.9. The standard InChI is InChI=1S/C12H8ClFO3S/c13-9-1-3-10(4-2-9)17-11-5-7-12(8-6-11)18(14,15)16/h1-8H. The van der Waals surface area contributed by atoms with Crippen LogP contribution in [0.3, 0.4) is 0 Å². The molecular formula is C12H8ClFO3S. The maximum atomic E-state index is 12.6. The highest BCUT2D eigenvalue weighted by Gasteiger charge is 2.11. The van der Waals surface area contributed by atoms with Gasteiger partial charge < -0.3 is 4.74 Å². The van der Waals surface area contributed by atoms with E-state index in [1.54, 1.807) is 24.3 Å². The molecule has 2 aromatic rings. The Bertz CT molecular complexity index is 636. The van der Waals surface area contributed by atoms with Crippen LogP contribution in [0.25, 0.3) is 0 Å². The first-order valence-corrected chi connectivity index (χ1v) is 6.69. The molecule has 0 radical (unpaired) electrons. The SMILES string of the molecule is O=S(=O)(F)c1ccc(Oc2ccc(Cl)cc2)cc1. The van der Waals surface area contributed by atoms with Gasteiger partial charge in [-0.1, -0.05) is 11.6 Å². The van der Waals surface area contributed by atoms with E-state index in [1.165, 1.54) is 12.1 Å². The summed E-state index contributed by atoms with van der Waals surface area (Å²) in [5, 5.41) is 0.584. The molecule has 6 heteroatoms. The molecule has 0 N–H and O–H groups in total. The smallest absolute Gasteiger partial charge is 0.332 e. The van der Waals surface area contributed by atoms with E-state index in [0.29, 0.717) is 16.5 Å². The van der Waals surface area contributed by atoms with Gasteiger partial charge in [0, 0.05) is 5.02 Å². The number of ether oxygens (including phenoxy) is 1. The van der Waals surface area contributed by atoms with E-state index in [9.17, 15) is 12.3 Å². The Hall–Kier alpha value is -1.59. The zero-order valence-corrected chi connectivity index (χ0v) is 10.6. The van der Waals surface area contributed by atoms with Gasteiger partial charge >= 0.3 is 10.2 Å². The lowest BCUT2D eigenvalue weighted by Crippen LogP contribution is -1.91. The molecule has 3 nitrogen and oxygen atoms in total. The van der Waals surface area contributed by atoms with Crippen LogP contribution in [0.15, 0.2) is 53.4 Å². The normalized spacial score (nSPS) is 11.2. The Morgan fingerprint density at radius 1 is 0.889 bits per heavy atom. The summed E-state index contributed by atoms with van der Waals surface area (Å²) in [5.74, 6) is 0.958. The van der Waals surface area contributed by atoms with Crippen molar-refractivity contribution in [1.29, 1.82) is 0 Å². The van der Waals surface area contributed by atoms with Crippen LogP contribution in [-0.4, -0.2) is 8.42 Å². The molecule has 0 aliphatic carbocycles. The molecule has 0 heterocycles. The number of hydrogen-bond acceptors (Lipinski definition) is 3. The lowest BCUT2D eigenvalue weighted by atomic mass is 10.3. The van der Waals surface area contributed by atoms with Gasteiger partial charge in [-0.2, -0.15) is 8.42 Å². The molecule has 0 aliphatic heterocycles. The fourth-order valence-corrected chi connectivity index (χ4v) is 1.90. The Balaban J connectivity index is 2.18. The van der Waals surface area contributed by atoms with E-state index in [0.717, 1.165) is 12.1 Å². The summed E-state index contributed by atoms with van der Waals surface area (Å²) in [7, 11) is -4.67. The molecule has 94 valence electrons. The summed E-state index contributed by atoms with van der Waals surface area (Å²) in [4.78, 5) is -0.397. The van der Waals surface area contributed by atoms with E-state index in [4.69, 9.17) is 16.3 Å². The van der Waals surface area contributed by atoms with Gasteiger partial charge in [-0.3, -0.25) is 0 Å². The number of hydrogen-bond donors (Lipinski definition) is 0. The molecule has 0 atom stereocenters. The molecule has 0 spiro atoms. The second-order valence-corrected chi connectivity index (χ2v) is 5.25. The zero-order chi connectivity index (χ0) is 13.2. The average Bonchev–Trinajstić information content (AvgIpc) is 2.32. The van der Waals surface area contributed by atoms with Crippen LogP contribution in [-0.2, 0) is 10.2 Å². The van der Waals surface area contributed by atoms with E-state index >= 15 is 0 Å². The first-order valence-electron chi connectivity index (χ1n) is 4.93. The van der Waals surface area contributed by atoms with Gasteiger partial charge in [0.1, 0.15) is 11.5 Å². The van der Waals surface area contributed by atoms with Crippen LogP contribution in [0.1, 0.15) is 0 Å². The lowest BCUT2D eigenvalue weighted by molar-refractivity contribution is 0.482. The minimum Gasteiger partial charge on any atom is -0.457 e. The zero-order valence-electron chi connectivity index (χ0n) is 9.01. The molecule has 18 heavy (non-hydrogen) atoms. The summed E-state index contributed by atoms with van der Waals surface area (Å²) >= 11 is 5.72. The highest BCUT2D eigenvalue weighted by atomic mass is 35.5. The minimum atomic E-state index is -4.67. The van der Waals surface area contributed by atoms with Crippen LogP contribution in [0, 0.1) is 0 Å². The molecule has 0 bridgehead atoms. The fourth-order valence-electron chi connectivity index (χ4n) is 1.31. The maximum absolute atomic E-state index is 12.6. The first-order chi connectivity index (χ1) is 8.45. The summed E-state index contributed by atoms with van der Waals surface area (Å²) in [6, 6.07) is 11.7. The van der Waals surface area contributed by atoms with Gasteiger partial charge in [-0.15, -0.1) is 3.89 Å². The Morgan fingerprint density at radius 2 is 1.33 bits per heavy atom. The molecule has 2 aromatic carbocycles. The van der Waals surface area contributed by atoms with Crippen molar-refractivity contribution in [2.75, 3.05) is 0 Å². The van der Waals surface area contributed by atoms with Gasteiger partial charge in [-0.25, -0.2) is 0 Å². The van der Waals surface area contributed by atoms with Crippen molar-refractivity contribution >= 4 is 21.8 Å². The summed E-state index contributed by atoms with van der Waals surface area (Å²) in [5.41, 5.74) is 0. The largest absolute Gasteiger partial charge is 0.457 e. The molecule has 0 saturated heterocycles. The van der Waals surface area contributed by atoms with Crippen molar-refractivity contribution in [3.05, 3.63) is 53.6 Å². The van der Waals surface area contributed by atoms with Crippen LogP contribution in [0.2, 0.25) is 5.02 Å². The van der Waals surface area contributed by atoms with Crippen molar-refractivity contribution < 1.29 is 17.0 Å². The van der Waals surface area contributed by atoms with Gasteiger partial charge in [0.2, 0.25) is 0 Å². The van der Waals surface area contributed by atoms with Crippen LogP contribution < -0.4 is 4.74 Å². The van der Waals surface area contributed by atoms with E-state index in [-0.39, 0.29) is 0 Å². The summed E-state index contributed by atoms with van der Waals surface area (Å²) in [6.45, 7) is 0. The molecule has 0 amide bonds. The summed E-state index contributed by atoms with van der Waals surface area (Å²) in [6.07, 6.45) is 0. The average molecular weight is 287 g/mol. The van der Waals surface area contributed by atoms with E-state index in [2.05, 4.69) is 0 Å². The van der Waals surface area contributed by atoms with Crippen LogP contribution in [0.4, 0.5) is 3.89 Å². The fraction of sp³-hybridized carbons (Fsp3) is 0. The second kappa shape index (κ2) is 4.96. The third-order valence-corrected chi connectivity index (χ3v) is 3.24. The van der Waals surface area contributed by atoms with Gasteiger partial charge in [0.15, 0.2) is 0 Å². The molecule has 0 saturated carbocycles. The van der Waals surface area contributed by atoms with Crippen molar-refractivity contribution in [2.45, 2.75) is 4.90 Å². The topological polar surface area (TPSA) is 43.4 Å². The second-order valence-electron chi connectivity index (χ2n) is 3.47. The highest BCUT2D eigenvalue weighted by Crippen LogP contribution is 2.24. The molecule has 2 rings (SSSR count). The maximum Gasteiger partial charge on any atom is 0.332 e. The molecule has 0 fully saturated rings. The van der Waals surface area contributed by atoms with Gasteiger partial charge in [0.05, 0.1) is 4.90 Å². The third-order valence-electron chi connectivity index (χ3n) is 2.15. The molecule has 0 unspecified atom stereocenters. The number of rotatable bonds is 3. The predicted octanol–water partition coefficient (Wildman–Crippen LogP) is 3.79. The lowest BCUT2D eigenvalue weighted by Gasteiger charge is -2.05. The van der Waals surface area contributed by atoms with E-state index < -0.39 is 15.1 Å². The minimum absolute atomic E-state index is 0.397. The van der Waals surface area contributed by atoms with Crippen molar-refractivity contribution in [1.82, 2.24) is 0 Å². The Morgan fingerprint density at radius 3 is 1.78 bits per heavy atom. The van der Waals surface area contributed by atoms with Gasteiger partial charge in [-0.05, 0) is 48.5 Å². The highest BCUT2D eigenvalue weighted by molar-refractivity contribution is 7.86. The number of halogens is 2. The van der Waals surface area contributed by atoms with Crippen molar-refractivity contribution in [2.24, 2.45) is 0 Å². The van der Waals surface area contributed by atoms with E-state index in [1.807, 2.05) is 0 Å². The molecular weight excluding hydrogens is 279 g/mol. The van der Waals surface area contributed by atoms with Crippen LogP contribution in [0.5, 0.6) is 11.5 Å². The van der Waals surface area contributed by atoms with Crippen molar-refractivity contribution in [3.8, 4) is 11.5 Å². The molecule has 0 aliphatic rings. The monoisotopic (exact) mass is 286 g/mol. The number of benzene rings is 2. The predicted molar refractivity (Wildman–Crippen MR) is 66.3 cm³/mol. The molecule has 0 aromatic heterocycles. The Kier molecular flexibility index (Phi) is 3.54. The summed E-state index contributed by atoms with van der Waals surface area (Å²) < 4.78 is 39.3. The van der Waals surface area contributed by atoms with Crippen molar-refractivity contribution in [3.63, 3.8) is 0 Å². The van der Waals surface area contributed by atoms with Crippen LogP contribution >= 0.6 is 11.6 Å². The third kappa shape index (κ3) is 3.21. The van der Waals surface area contributed by atoms with Gasteiger partial charge in [0.25, 0.3) is 0 Å². The Labute approximate surface area is 109 Å².